The molecule has 1 aliphatic rings. The molecule has 1 heterocycles. The van der Waals surface area contributed by atoms with E-state index in [1.54, 1.807) is 18.2 Å². The number of carbonyl (C=O) groups is 2. The summed E-state index contributed by atoms with van der Waals surface area (Å²) >= 11 is 0. The molecule has 8 nitrogen and oxygen atoms in total. The van der Waals surface area contributed by atoms with E-state index in [-0.39, 0.29) is 19.2 Å². The molecule has 29 heavy (non-hydrogen) atoms. The molecule has 0 aromatic heterocycles. The third-order valence-electron chi connectivity index (χ3n) is 4.07. The maximum atomic E-state index is 12.1. The average Bonchev–Trinajstić information content (AvgIpc) is 3.20. The normalized spacial score (nSPS) is 12.0. The van der Waals surface area contributed by atoms with Gasteiger partial charge in [-0.25, -0.2) is 5.43 Å². The van der Waals surface area contributed by atoms with Crippen LogP contribution < -0.4 is 25.0 Å². The fourth-order valence-corrected chi connectivity index (χ4v) is 2.54. The average molecular weight is 397 g/mol. The van der Waals surface area contributed by atoms with Crippen molar-refractivity contribution >= 4 is 18.0 Å². The summed E-state index contributed by atoms with van der Waals surface area (Å²) in [6, 6.07) is 12.3. The number of hydrogen-bond acceptors (Lipinski definition) is 6. The van der Waals surface area contributed by atoms with Gasteiger partial charge in [-0.1, -0.05) is 25.5 Å². The highest BCUT2D eigenvalue weighted by atomic mass is 16.7. The predicted octanol–water partition coefficient (Wildman–Crippen LogP) is 2.47. The Labute approximate surface area is 168 Å². The summed E-state index contributed by atoms with van der Waals surface area (Å²) < 4.78 is 16.1. The smallest absolute Gasteiger partial charge is 0.259 e. The van der Waals surface area contributed by atoms with Gasteiger partial charge in [-0.2, -0.15) is 5.10 Å². The summed E-state index contributed by atoms with van der Waals surface area (Å²) in [6.45, 7) is 2.70. The van der Waals surface area contributed by atoms with Gasteiger partial charge in [0.05, 0.1) is 19.4 Å². The zero-order valence-electron chi connectivity index (χ0n) is 16.1. The Kier molecular flexibility index (Phi) is 7.05. The van der Waals surface area contributed by atoms with Crippen molar-refractivity contribution in [3.8, 4) is 17.2 Å². The Hall–Kier alpha value is -3.55. The van der Waals surface area contributed by atoms with E-state index in [1.807, 2.05) is 24.3 Å². The first kappa shape index (κ1) is 20.2. The van der Waals surface area contributed by atoms with Crippen LogP contribution in [-0.2, 0) is 4.79 Å². The van der Waals surface area contributed by atoms with Crippen LogP contribution in [0.2, 0.25) is 0 Å². The molecule has 2 amide bonds. The monoisotopic (exact) mass is 397 g/mol. The first-order valence-electron chi connectivity index (χ1n) is 9.38. The zero-order valence-corrected chi connectivity index (χ0v) is 16.1. The van der Waals surface area contributed by atoms with Crippen LogP contribution >= 0.6 is 0 Å². The number of amides is 2. The largest absolute Gasteiger partial charge is 0.494 e. The van der Waals surface area contributed by atoms with Crippen LogP contribution in [0.15, 0.2) is 47.6 Å². The number of nitrogens with one attached hydrogen (secondary N) is 2. The summed E-state index contributed by atoms with van der Waals surface area (Å²) in [5.74, 6) is 1.02. The molecule has 0 fully saturated rings. The maximum absolute atomic E-state index is 12.1. The van der Waals surface area contributed by atoms with Gasteiger partial charge in [-0.3, -0.25) is 9.59 Å². The third-order valence-corrected chi connectivity index (χ3v) is 4.07. The highest BCUT2D eigenvalue weighted by Crippen LogP contribution is 2.32. The molecule has 0 saturated heterocycles. The number of fused-ring (bicyclic) bond motifs is 1. The van der Waals surface area contributed by atoms with Crippen molar-refractivity contribution < 1.29 is 23.8 Å². The highest BCUT2D eigenvalue weighted by molar-refractivity contribution is 5.97. The minimum absolute atomic E-state index is 0.134. The van der Waals surface area contributed by atoms with Gasteiger partial charge >= 0.3 is 0 Å². The first-order chi connectivity index (χ1) is 14.2. The van der Waals surface area contributed by atoms with Crippen molar-refractivity contribution in [2.75, 3.05) is 19.9 Å². The molecule has 8 heteroatoms. The van der Waals surface area contributed by atoms with Gasteiger partial charge in [0.1, 0.15) is 5.75 Å². The van der Waals surface area contributed by atoms with Crippen molar-refractivity contribution in [1.82, 2.24) is 10.7 Å². The Morgan fingerprint density at radius 2 is 2.03 bits per heavy atom. The third kappa shape index (κ3) is 5.97. The fraction of sp³-hybridized carbons (Fsp3) is 0.286. The maximum Gasteiger partial charge on any atom is 0.259 e. The molecular formula is C21H23N3O5. The van der Waals surface area contributed by atoms with Gasteiger partial charge in [0.15, 0.2) is 11.5 Å². The van der Waals surface area contributed by atoms with E-state index in [9.17, 15) is 9.59 Å². The van der Waals surface area contributed by atoms with E-state index in [4.69, 9.17) is 14.2 Å². The van der Waals surface area contributed by atoms with Gasteiger partial charge in [0.25, 0.3) is 11.8 Å². The molecular weight excluding hydrogens is 374 g/mol. The van der Waals surface area contributed by atoms with Crippen molar-refractivity contribution in [2.24, 2.45) is 5.10 Å². The van der Waals surface area contributed by atoms with Crippen molar-refractivity contribution in [1.29, 1.82) is 0 Å². The van der Waals surface area contributed by atoms with Crippen LogP contribution in [0, 0.1) is 0 Å². The molecule has 2 aromatic carbocycles. The first-order valence-corrected chi connectivity index (χ1v) is 9.38. The Bertz CT molecular complexity index is 898. The molecule has 0 atom stereocenters. The lowest BCUT2D eigenvalue weighted by Crippen LogP contribution is -2.34. The molecule has 0 aliphatic carbocycles. The number of nitrogens with zero attached hydrogens (tertiary/aromatic N) is 1. The minimum atomic E-state index is -0.439. The Morgan fingerprint density at radius 1 is 1.17 bits per heavy atom. The molecule has 0 spiro atoms. The number of benzene rings is 2. The van der Waals surface area contributed by atoms with Gasteiger partial charge < -0.3 is 19.5 Å². The van der Waals surface area contributed by atoms with E-state index in [2.05, 4.69) is 22.8 Å². The summed E-state index contributed by atoms with van der Waals surface area (Å²) in [5.41, 5.74) is 3.56. The number of unbranched alkanes of at least 4 members (excludes halogenated alkanes) is 1. The fourth-order valence-electron chi connectivity index (χ4n) is 2.54. The molecule has 2 N–H and O–H groups in total. The van der Waals surface area contributed by atoms with E-state index in [0.717, 1.165) is 24.2 Å². The summed E-state index contributed by atoms with van der Waals surface area (Å²) in [5, 5.41) is 6.44. The van der Waals surface area contributed by atoms with Crippen molar-refractivity contribution in [3.63, 3.8) is 0 Å². The molecule has 152 valence electrons. The Balaban J connectivity index is 1.44. The summed E-state index contributed by atoms with van der Waals surface area (Å²) in [7, 11) is 0. The molecule has 0 saturated carbocycles. The van der Waals surface area contributed by atoms with Crippen LogP contribution in [0.3, 0.4) is 0 Å². The number of ether oxygens (including phenoxy) is 3. The van der Waals surface area contributed by atoms with Crippen molar-refractivity contribution in [3.05, 3.63) is 53.6 Å². The molecule has 2 aromatic rings. The SMILES string of the molecule is CCCCOc1cccc(/C=N\NC(=O)CNC(=O)c2ccc3c(c2)OCO3)c1. The van der Waals surface area contributed by atoms with Crippen LogP contribution in [0.1, 0.15) is 35.7 Å². The van der Waals surface area contributed by atoms with Gasteiger partial charge in [-0.05, 0) is 42.3 Å². The molecule has 0 radical (unpaired) electrons. The van der Waals surface area contributed by atoms with E-state index in [0.29, 0.717) is 23.7 Å². The van der Waals surface area contributed by atoms with Gasteiger partial charge in [-0.15, -0.1) is 0 Å². The number of hydrogen-bond donors (Lipinski definition) is 2. The minimum Gasteiger partial charge on any atom is -0.494 e. The van der Waals surface area contributed by atoms with Crippen LogP contribution in [0.5, 0.6) is 17.2 Å². The van der Waals surface area contributed by atoms with E-state index >= 15 is 0 Å². The molecule has 0 unspecified atom stereocenters. The number of carbonyl (C=O) groups excluding carboxylic acids is 2. The predicted molar refractivity (Wildman–Crippen MR) is 107 cm³/mol. The second-order valence-electron chi connectivity index (χ2n) is 6.32. The van der Waals surface area contributed by atoms with Gasteiger partial charge in [0.2, 0.25) is 6.79 Å². The second kappa shape index (κ2) is 10.1. The summed E-state index contributed by atoms with van der Waals surface area (Å²) in [4.78, 5) is 24.0. The molecule has 3 rings (SSSR count). The highest BCUT2D eigenvalue weighted by Gasteiger charge is 2.16. The lowest BCUT2D eigenvalue weighted by atomic mass is 10.2. The van der Waals surface area contributed by atoms with E-state index in [1.165, 1.54) is 6.21 Å². The zero-order chi connectivity index (χ0) is 20.5. The van der Waals surface area contributed by atoms with Crippen LogP contribution in [0.25, 0.3) is 0 Å². The lowest BCUT2D eigenvalue weighted by molar-refractivity contribution is -0.120. The lowest BCUT2D eigenvalue weighted by Gasteiger charge is -2.06. The standard InChI is InChI=1S/C21H23N3O5/c1-2-3-9-27-17-6-4-5-15(10-17)12-23-24-20(25)13-22-21(26)16-7-8-18-19(11-16)29-14-28-18/h4-8,10-12H,2-3,9,13-14H2,1H3,(H,22,26)(H,24,25)/b23-12-. The molecule has 1 aliphatic heterocycles. The van der Waals surface area contributed by atoms with Crippen LogP contribution in [0.4, 0.5) is 0 Å². The number of rotatable bonds is 9. The Morgan fingerprint density at radius 3 is 2.90 bits per heavy atom. The quantitative estimate of drug-likeness (QED) is 0.385. The second-order valence-corrected chi connectivity index (χ2v) is 6.32. The topological polar surface area (TPSA) is 98.2 Å². The van der Waals surface area contributed by atoms with Crippen molar-refractivity contribution in [2.45, 2.75) is 19.8 Å². The molecule has 0 bridgehead atoms. The number of hydrazone groups is 1. The summed E-state index contributed by atoms with van der Waals surface area (Å²) in [6.07, 6.45) is 3.58. The van der Waals surface area contributed by atoms with Gasteiger partial charge in [0, 0.05) is 5.56 Å². The van der Waals surface area contributed by atoms with Crippen LogP contribution in [-0.4, -0.2) is 38.0 Å². The van der Waals surface area contributed by atoms with E-state index < -0.39 is 5.91 Å².